The van der Waals surface area contributed by atoms with E-state index >= 15 is 0 Å². The van der Waals surface area contributed by atoms with Crippen molar-refractivity contribution in [2.45, 2.75) is 24.4 Å². The van der Waals surface area contributed by atoms with E-state index in [2.05, 4.69) is 22.8 Å². The Hall–Kier alpha value is -3.30. The predicted molar refractivity (Wildman–Crippen MR) is 138 cm³/mol. The van der Waals surface area contributed by atoms with Gasteiger partial charge < -0.3 is 20.5 Å². The molecule has 35 heavy (non-hydrogen) atoms. The van der Waals surface area contributed by atoms with Gasteiger partial charge in [-0.1, -0.05) is 54.6 Å². The molecule has 9 heteroatoms. The van der Waals surface area contributed by atoms with E-state index in [0.717, 1.165) is 22.3 Å². The van der Waals surface area contributed by atoms with E-state index in [4.69, 9.17) is 4.74 Å². The summed E-state index contributed by atoms with van der Waals surface area (Å²) in [5.74, 6) is -1.22. The number of fused-ring (bicyclic) bond motifs is 3. The first kappa shape index (κ1) is 24.8. The second-order valence-electron chi connectivity index (χ2n) is 8.10. The van der Waals surface area contributed by atoms with Crippen molar-refractivity contribution in [3.8, 4) is 11.1 Å². The summed E-state index contributed by atoms with van der Waals surface area (Å²) < 4.78 is 5.59. The van der Waals surface area contributed by atoms with Crippen molar-refractivity contribution in [1.29, 1.82) is 0 Å². The molecule has 3 aromatic rings. The standard InChI is InChI=1S/C26H26N2O5S2/c1-34-14-12-21(25(30)31)27-24(29)23(22-11-6-13-35-22)28-26(32)33-15-20-18-9-4-2-7-16(18)17-8-3-5-10-19(17)20/h2-11,13,20-21,23H,12,14-15H2,1H3,(H,27,29)(H,28,32)(H,30,31). The molecule has 1 aliphatic carbocycles. The first-order chi connectivity index (χ1) is 17.0. The monoisotopic (exact) mass is 510 g/mol. The molecular formula is C26H26N2O5S2. The molecule has 1 aliphatic rings. The Morgan fingerprint density at radius 3 is 2.23 bits per heavy atom. The molecule has 2 amide bonds. The zero-order chi connectivity index (χ0) is 24.8. The first-order valence-corrected chi connectivity index (χ1v) is 13.4. The number of carboxylic acids is 1. The number of carbonyl (C=O) groups excluding carboxylic acids is 2. The van der Waals surface area contributed by atoms with Crippen LogP contribution in [-0.2, 0) is 14.3 Å². The summed E-state index contributed by atoms with van der Waals surface area (Å²) in [6.07, 6.45) is 1.41. The summed E-state index contributed by atoms with van der Waals surface area (Å²) in [6, 6.07) is 17.5. The van der Waals surface area contributed by atoms with Crippen LogP contribution in [0.25, 0.3) is 11.1 Å². The zero-order valence-electron chi connectivity index (χ0n) is 19.1. The molecule has 0 fully saturated rings. The number of nitrogens with one attached hydrogen (secondary N) is 2. The van der Waals surface area contributed by atoms with Crippen molar-refractivity contribution in [3.63, 3.8) is 0 Å². The number of alkyl carbamates (subject to hydrolysis) is 1. The highest BCUT2D eigenvalue weighted by atomic mass is 32.2. The van der Waals surface area contributed by atoms with Crippen LogP contribution in [0, 0.1) is 0 Å². The van der Waals surface area contributed by atoms with Gasteiger partial charge in [-0.25, -0.2) is 9.59 Å². The van der Waals surface area contributed by atoms with Gasteiger partial charge >= 0.3 is 12.1 Å². The highest BCUT2D eigenvalue weighted by molar-refractivity contribution is 7.98. The van der Waals surface area contributed by atoms with Gasteiger partial charge in [0.05, 0.1) is 0 Å². The zero-order valence-corrected chi connectivity index (χ0v) is 20.7. The van der Waals surface area contributed by atoms with Crippen LogP contribution in [0.1, 0.15) is 34.4 Å². The molecule has 0 saturated carbocycles. The van der Waals surface area contributed by atoms with Gasteiger partial charge in [0.1, 0.15) is 18.7 Å². The van der Waals surface area contributed by atoms with Crippen molar-refractivity contribution < 1.29 is 24.2 Å². The second-order valence-corrected chi connectivity index (χ2v) is 10.1. The van der Waals surface area contributed by atoms with E-state index in [1.807, 2.05) is 42.7 Å². The third kappa shape index (κ3) is 5.68. The van der Waals surface area contributed by atoms with Gasteiger partial charge in [-0.3, -0.25) is 4.79 Å². The van der Waals surface area contributed by atoms with Crippen LogP contribution in [0.15, 0.2) is 66.0 Å². The van der Waals surface area contributed by atoms with E-state index in [1.165, 1.54) is 23.1 Å². The van der Waals surface area contributed by atoms with E-state index in [0.29, 0.717) is 10.6 Å². The molecule has 1 aromatic heterocycles. The summed E-state index contributed by atoms with van der Waals surface area (Å²) >= 11 is 2.79. The van der Waals surface area contributed by atoms with Gasteiger partial charge in [-0.2, -0.15) is 11.8 Å². The SMILES string of the molecule is CSCCC(NC(=O)C(NC(=O)OCC1c2ccccc2-c2ccccc21)c1cccs1)C(=O)O. The number of rotatable bonds is 10. The fourth-order valence-electron chi connectivity index (χ4n) is 4.23. The molecule has 4 rings (SSSR count). The largest absolute Gasteiger partial charge is 0.480 e. The van der Waals surface area contributed by atoms with Crippen LogP contribution >= 0.6 is 23.1 Å². The Bertz CT molecular complexity index is 1150. The van der Waals surface area contributed by atoms with Crippen LogP contribution in [0.3, 0.4) is 0 Å². The molecule has 0 spiro atoms. The maximum atomic E-state index is 13.0. The third-order valence-corrected chi connectivity index (χ3v) is 7.50. The molecule has 0 radical (unpaired) electrons. The van der Waals surface area contributed by atoms with Crippen molar-refractivity contribution in [2.24, 2.45) is 0 Å². The Balaban J connectivity index is 1.45. The Labute approximate surface area is 211 Å². The van der Waals surface area contributed by atoms with Crippen LogP contribution < -0.4 is 10.6 Å². The summed E-state index contributed by atoms with van der Waals surface area (Å²) in [5.41, 5.74) is 4.43. The lowest BCUT2D eigenvalue weighted by Crippen LogP contribution is -2.47. The number of carboxylic acid groups (broad SMARTS) is 1. The number of thioether (sulfide) groups is 1. The van der Waals surface area contributed by atoms with Crippen LogP contribution in [-0.4, -0.2) is 47.7 Å². The number of ether oxygens (including phenoxy) is 1. The molecule has 0 bridgehead atoms. The molecule has 2 unspecified atom stereocenters. The normalized spacial score (nSPS) is 13.9. The average molecular weight is 511 g/mol. The summed E-state index contributed by atoms with van der Waals surface area (Å²) in [7, 11) is 0. The smallest absolute Gasteiger partial charge is 0.408 e. The van der Waals surface area contributed by atoms with Gasteiger partial charge in [-0.15, -0.1) is 11.3 Å². The number of thiophene rings is 1. The molecule has 0 aliphatic heterocycles. The Morgan fingerprint density at radius 2 is 1.66 bits per heavy atom. The van der Waals surface area contributed by atoms with Crippen molar-refractivity contribution >= 4 is 41.1 Å². The molecule has 182 valence electrons. The van der Waals surface area contributed by atoms with Crippen LogP contribution in [0.2, 0.25) is 0 Å². The molecule has 7 nitrogen and oxygen atoms in total. The number of carbonyl (C=O) groups is 3. The lowest BCUT2D eigenvalue weighted by atomic mass is 9.98. The molecular weight excluding hydrogens is 484 g/mol. The maximum absolute atomic E-state index is 13.0. The molecule has 0 saturated heterocycles. The topological polar surface area (TPSA) is 105 Å². The average Bonchev–Trinajstić information content (AvgIpc) is 3.50. The Kier molecular flexibility index (Phi) is 8.09. The Morgan fingerprint density at radius 1 is 1.00 bits per heavy atom. The fraction of sp³-hybridized carbons (Fsp3) is 0.269. The summed E-state index contributed by atoms with van der Waals surface area (Å²) in [6.45, 7) is 0.115. The van der Waals surface area contributed by atoms with E-state index in [1.54, 1.807) is 17.5 Å². The quantitative estimate of drug-likeness (QED) is 0.367. The minimum absolute atomic E-state index is 0.106. The highest BCUT2D eigenvalue weighted by Gasteiger charge is 2.31. The van der Waals surface area contributed by atoms with Gasteiger partial charge in [0.15, 0.2) is 0 Å². The number of hydrogen-bond donors (Lipinski definition) is 3. The number of hydrogen-bond acceptors (Lipinski definition) is 6. The number of amides is 2. The maximum Gasteiger partial charge on any atom is 0.408 e. The number of aliphatic carboxylic acids is 1. The second kappa shape index (κ2) is 11.4. The van der Waals surface area contributed by atoms with E-state index < -0.39 is 30.1 Å². The van der Waals surface area contributed by atoms with E-state index in [-0.39, 0.29) is 18.9 Å². The summed E-state index contributed by atoms with van der Waals surface area (Å²) in [4.78, 5) is 38.0. The third-order valence-electron chi connectivity index (χ3n) is 5.92. The van der Waals surface area contributed by atoms with Crippen molar-refractivity contribution in [1.82, 2.24) is 10.6 Å². The first-order valence-electron chi connectivity index (χ1n) is 11.2. The lowest BCUT2D eigenvalue weighted by Gasteiger charge is -2.21. The van der Waals surface area contributed by atoms with Crippen LogP contribution in [0.4, 0.5) is 4.79 Å². The van der Waals surface area contributed by atoms with E-state index in [9.17, 15) is 19.5 Å². The van der Waals surface area contributed by atoms with Gasteiger partial charge in [0.25, 0.3) is 0 Å². The lowest BCUT2D eigenvalue weighted by molar-refractivity contribution is -0.142. The van der Waals surface area contributed by atoms with Gasteiger partial charge in [0, 0.05) is 10.8 Å². The summed E-state index contributed by atoms with van der Waals surface area (Å²) in [5, 5.41) is 16.4. The van der Waals surface area contributed by atoms with Gasteiger partial charge in [0.2, 0.25) is 5.91 Å². The minimum Gasteiger partial charge on any atom is -0.480 e. The van der Waals surface area contributed by atoms with Crippen molar-refractivity contribution in [2.75, 3.05) is 18.6 Å². The molecule has 1 heterocycles. The minimum atomic E-state index is -1.11. The van der Waals surface area contributed by atoms with Crippen LogP contribution in [0.5, 0.6) is 0 Å². The molecule has 2 aromatic carbocycles. The van der Waals surface area contributed by atoms with Gasteiger partial charge in [-0.05, 0) is 52.1 Å². The molecule has 3 N–H and O–H groups in total. The predicted octanol–water partition coefficient (Wildman–Crippen LogP) is 4.65. The fourth-order valence-corrected chi connectivity index (χ4v) is 5.47. The highest BCUT2D eigenvalue weighted by Crippen LogP contribution is 2.44. The molecule has 2 atom stereocenters. The van der Waals surface area contributed by atoms with Crippen molar-refractivity contribution in [3.05, 3.63) is 82.0 Å². The number of benzene rings is 2.